The van der Waals surface area contributed by atoms with Crippen LogP contribution >= 0.6 is 0 Å². The van der Waals surface area contributed by atoms with Crippen LogP contribution < -0.4 is 42.0 Å². The second-order valence-corrected chi connectivity index (χ2v) is 7.44. The smallest absolute Gasteiger partial charge is 1.00 e. The number of nitrogens with two attached hydrogens (primary N) is 3. The topological polar surface area (TPSA) is 112 Å². The van der Waals surface area contributed by atoms with E-state index in [1.807, 2.05) is 0 Å². The summed E-state index contributed by atoms with van der Waals surface area (Å²) in [5, 5.41) is 0. The average molecular weight is 457 g/mol. The molecule has 0 unspecified atom stereocenters. The van der Waals surface area contributed by atoms with Crippen molar-refractivity contribution in [3.8, 4) is 0 Å². The standard InChI is InChI=1S/C6H15N3.2C2H6OS.2ClH.Ru/c7-4-1-5(8)3-6(9)2-4;2*1-4(2)3;;;/h4-6H,1-3,7-9H2;2*1-2H3;2*1H;/q;;;;;+2/p-2. The van der Waals surface area contributed by atoms with E-state index < -0.39 is 21.6 Å². The monoisotopic (exact) mass is 457 g/mol. The molecule has 0 aromatic rings. The molecule has 0 radical (unpaired) electrons. The van der Waals surface area contributed by atoms with Gasteiger partial charge in [-0.25, -0.2) is 0 Å². The fourth-order valence-corrected chi connectivity index (χ4v) is 1.46. The Morgan fingerprint density at radius 3 is 0.900 bits per heavy atom. The van der Waals surface area contributed by atoms with Gasteiger partial charge in [0, 0.05) is 64.7 Å². The predicted molar refractivity (Wildman–Crippen MR) is 77.8 cm³/mol. The zero-order valence-electron chi connectivity index (χ0n) is 12.3. The molecule has 6 N–H and O–H groups in total. The Morgan fingerprint density at radius 1 is 0.700 bits per heavy atom. The van der Waals surface area contributed by atoms with Gasteiger partial charge in [-0.3, -0.25) is 8.42 Å². The summed E-state index contributed by atoms with van der Waals surface area (Å²) in [6, 6.07) is 0.719. The first-order chi connectivity index (χ1) is 7.65. The molecule has 0 aliphatic heterocycles. The average Bonchev–Trinajstić information content (AvgIpc) is 1.96. The second-order valence-electron chi connectivity index (χ2n) is 4.47. The summed E-state index contributed by atoms with van der Waals surface area (Å²) in [5.74, 6) is 0. The molecule has 10 heteroatoms. The quantitative estimate of drug-likeness (QED) is 0.313. The van der Waals surface area contributed by atoms with Crippen LogP contribution in [0, 0.1) is 0 Å². The molecule has 1 rings (SSSR count). The van der Waals surface area contributed by atoms with Crippen LogP contribution in [0.1, 0.15) is 19.3 Å². The molecule has 20 heavy (non-hydrogen) atoms. The summed E-state index contributed by atoms with van der Waals surface area (Å²) >= 11 is 0. The molecule has 1 fully saturated rings. The van der Waals surface area contributed by atoms with Gasteiger partial charge in [0.05, 0.1) is 0 Å². The normalized spacial score (nSPS) is 23.8. The van der Waals surface area contributed by atoms with Crippen molar-refractivity contribution in [2.24, 2.45) is 17.2 Å². The number of halogens is 2. The Morgan fingerprint density at radius 2 is 0.800 bits per heavy atom. The Balaban J connectivity index is -0.0000000597. The molecule has 0 spiro atoms. The third kappa shape index (κ3) is 36.6. The van der Waals surface area contributed by atoms with Crippen LogP contribution in [0.3, 0.4) is 0 Å². The van der Waals surface area contributed by atoms with Gasteiger partial charge >= 0.3 is 19.5 Å². The number of hydrogen-bond donors (Lipinski definition) is 3. The van der Waals surface area contributed by atoms with Crippen LogP contribution in [0.4, 0.5) is 0 Å². The molecule has 0 atom stereocenters. The first kappa shape index (κ1) is 33.1. The van der Waals surface area contributed by atoms with Crippen molar-refractivity contribution in [1.82, 2.24) is 0 Å². The van der Waals surface area contributed by atoms with Gasteiger partial charge in [0.1, 0.15) is 0 Å². The van der Waals surface area contributed by atoms with Gasteiger partial charge in [-0.2, -0.15) is 0 Å². The molecule has 0 aromatic carbocycles. The Kier molecular flexibility index (Phi) is 33.7. The Bertz CT molecular complexity index is 210. The van der Waals surface area contributed by atoms with E-state index in [0.29, 0.717) is 0 Å². The SMILES string of the molecule is CS(C)=O.CS(C)=O.NC1CC(N)CC(N)C1.[Cl-].[Cl-].[Ru+2]. The Hall–Kier alpha value is 1.38. The van der Waals surface area contributed by atoms with E-state index in [-0.39, 0.29) is 62.4 Å². The van der Waals surface area contributed by atoms with E-state index in [9.17, 15) is 8.42 Å². The maximum atomic E-state index is 9.56. The molecule has 5 nitrogen and oxygen atoms in total. The van der Waals surface area contributed by atoms with Gasteiger partial charge in [0.2, 0.25) is 0 Å². The van der Waals surface area contributed by atoms with E-state index in [2.05, 4.69) is 0 Å². The minimum Gasteiger partial charge on any atom is -1.00 e. The van der Waals surface area contributed by atoms with Crippen molar-refractivity contribution >= 4 is 21.6 Å². The summed E-state index contributed by atoms with van der Waals surface area (Å²) in [6.45, 7) is 0. The van der Waals surface area contributed by atoms with Crippen molar-refractivity contribution in [2.75, 3.05) is 25.0 Å². The third-order valence-corrected chi connectivity index (χ3v) is 1.82. The van der Waals surface area contributed by atoms with E-state index in [1.54, 1.807) is 25.0 Å². The summed E-state index contributed by atoms with van der Waals surface area (Å²) < 4.78 is 19.1. The minimum atomic E-state index is -0.611. The molecular weight excluding hydrogens is 430 g/mol. The van der Waals surface area contributed by atoms with E-state index >= 15 is 0 Å². The van der Waals surface area contributed by atoms with Crippen molar-refractivity contribution in [3.05, 3.63) is 0 Å². The van der Waals surface area contributed by atoms with Crippen molar-refractivity contribution in [3.63, 3.8) is 0 Å². The molecule has 1 saturated carbocycles. The summed E-state index contributed by atoms with van der Waals surface area (Å²) in [4.78, 5) is 0. The largest absolute Gasteiger partial charge is 2.00 e. The van der Waals surface area contributed by atoms with Gasteiger partial charge in [-0.05, 0) is 19.3 Å². The maximum absolute atomic E-state index is 9.56. The zero-order valence-corrected chi connectivity index (χ0v) is 17.2. The molecule has 0 amide bonds. The minimum absolute atomic E-state index is 0. The Labute approximate surface area is 153 Å². The first-order valence-electron chi connectivity index (χ1n) is 5.42. The summed E-state index contributed by atoms with van der Waals surface area (Å²) in [6.07, 6.45) is 9.37. The van der Waals surface area contributed by atoms with Crippen LogP contribution in [0.2, 0.25) is 0 Å². The van der Waals surface area contributed by atoms with Gasteiger partial charge in [-0.1, -0.05) is 0 Å². The van der Waals surface area contributed by atoms with Crippen molar-refractivity contribution < 1.29 is 52.7 Å². The van der Waals surface area contributed by atoms with Gasteiger partial charge in [0.25, 0.3) is 0 Å². The number of hydrogen-bond acceptors (Lipinski definition) is 5. The van der Waals surface area contributed by atoms with Crippen LogP contribution in [0.15, 0.2) is 0 Å². The van der Waals surface area contributed by atoms with Crippen molar-refractivity contribution in [2.45, 2.75) is 37.4 Å². The molecule has 0 aromatic heterocycles. The maximum Gasteiger partial charge on any atom is 2.00 e. The van der Waals surface area contributed by atoms with Gasteiger partial charge in [0.15, 0.2) is 0 Å². The van der Waals surface area contributed by atoms with Gasteiger partial charge < -0.3 is 42.0 Å². The number of rotatable bonds is 0. The fourth-order valence-electron chi connectivity index (χ4n) is 1.46. The third-order valence-electron chi connectivity index (χ3n) is 1.82. The van der Waals surface area contributed by atoms with Crippen molar-refractivity contribution in [1.29, 1.82) is 0 Å². The molecule has 1 aliphatic rings. The summed E-state index contributed by atoms with van der Waals surface area (Å²) in [5.41, 5.74) is 17.0. The molecule has 1 aliphatic carbocycles. The molecule has 128 valence electrons. The van der Waals surface area contributed by atoms with E-state index in [1.165, 1.54) is 0 Å². The van der Waals surface area contributed by atoms with Crippen LogP contribution in [0.5, 0.6) is 0 Å². The summed E-state index contributed by atoms with van der Waals surface area (Å²) in [7, 11) is -1.22. The van der Waals surface area contributed by atoms with E-state index in [4.69, 9.17) is 17.2 Å². The molecule has 0 saturated heterocycles. The fraction of sp³-hybridized carbons (Fsp3) is 1.00. The van der Waals surface area contributed by atoms with Crippen LogP contribution in [0.25, 0.3) is 0 Å². The molecule has 0 heterocycles. The predicted octanol–water partition coefficient (Wildman–Crippen LogP) is -6.85. The molecule has 0 bridgehead atoms. The van der Waals surface area contributed by atoms with Gasteiger partial charge in [-0.15, -0.1) is 0 Å². The second kappa shape index (κ2) is 20.4. The molecular formula is C10H27Cl2N3O2RuS2. The van der Waals surface area contributed by atoms with E-state index in [0.717, 1.165) is 19.3 Å². The van der Waals surface area contributed by atoms with Crippen LogP contribution in [-0.2, 0) is 41.1 Å². The zero-order chi connectivity index (χ0) is 14.0. The van der Waals surface area contributed by atoms with Crippen LogP contribution in [-0.4, -0.2) is 51.6 Å². The first-order valence-corrected chi connectivity index (χ1v) is 9.35.